The van der Waals surface area contributed by atoms with Gasteiger partial charge in [0.2, 0.25) is 0 Å². The molecule has 0 aliphatic carbocycles. The largest absolute Gasteiger partial charge is 0.460 e. The lowest BCUT2D eigenvalue weighted by Gasteiger charge is -2.30. The molecule has 1 fully saturated rings. The summed E-state index contributed by atoms with van der Waals surface area (Å²) in [6, 6.07) is 10.3. The monoisotopic (exact) mass is 294 g/mol. The number of benzene rings is 1. The fraction of sp³-hybridized carbons (Fsp3) is 0.562. The maximum atomic E-state index is 11.1. The number of ether oxygens (including phenoxy) is 2. The Labute approximate surface area is 125 Å². The smallest absolute Gasteiger partial charge is 0.302 e. The van der Waals surface area contributed by atoms with E-state index in [2.05, 4.69) is 26.0 Å². The number of hydrogen-bond acceptors (Lipinski definition) is 4. The van der Waals surface area contributed by atoms with Crippen LogP contribution in [0.15, 0.2) is 35.2 Å². The Hall–Kier alpha value is -1.00. The third kappa shape index (κ3) is 3.76. The molecule has 1 saturated heterocycles. The van der Waals surface area contributed by atoms with E-state index in [0.717, 1.165) is 6.42 Å². The number of carbonyl (C=O) groups is 1. The fourth-order valence-corrected chi connectivity index (χ4v) is 3.65. The molecule has 0 N–H and O–H groups in total. The zero-order valence-corrected chi connectivity index (χ0v) is 13.3. The average molecular weight is 294 g/mol. The van der Waals surface area contributed by atoms with Crippen LogP contribution in [0.5, 0.6) is 0 Å². The van der Waals surface area contributed by atoms with Crippen LogP contribution >= 0.6 is 11.8 Å². The molecule has 0 amide bonds. The van der Waals surface area contributed by atoms with E-state index in [0.29, 0.717) is 0 Å². The Morgan fingerprint density at radius 3 is 2.60 bits per heavy atom. The SMILES string of the molecule is CC(=O)O[C@@H]1C[C@@H](C(C)(C)Sc2ccccc2)O[C@H]1C. The minimum Gasteiger partial charge on any atom is -0.460 e. The predicted octanol–water partition coefficient (Wildman–Crippen LogP) is 3.67. The minimum atomic E-state index is -0.236. The van der Waals surface area contributed by atoms with Crippen LogP contribution in [-0.2, 0) is 14.3 Å². The van der Waals surface area contributed by atoms with Crippen molar-refractivity contribution in [2.45, 2.75) is 62.1 Å². The molecule has 2 rings (SSSR count). The van der Waals surface area contributed by atoms with E-state index < -0.39 is 0 Å². The van der Waals surface area contributed by atoms with Gasteiger partial charge in [0, 0.05) is 23.0 Å². The third-order valence-corrected chi connectivity index (χ3v) is 4.86. The first-order chi connectivity index (χ1) is 9.38. The van der Waals surface area contributed by atoms with Crippen LogP contribution in [0.25, 0.3) is 0 Å². The van der Waals surface area contributed by atoms with Gasteiger partial charge >= 0.3 is 5.97 Å². The molecule has 1 heterocycles. The predicted molar refractivity (Wildman–Crippen MR) is 80.9 cm³/mol. The molecule has 1 aromatic carbocycles. The molecule has 3 atom stereocenters. The molecule has 1 aromatic rings. The molecular formula is C16H22O3S. The van der Waals surface area contributed by atoms with Crippen LogP contribution < -0.4 is 0 Å². The highest BCUT2D eigenvalue weighted by atomic mass is 32.2. The summed E-state index contributed by atoms with van der Waals surface area (Å²) in [4.78, 5) is 12.3. The summed E-state index contributed by atoms with van der Waals surface area (Å²) in [5, 5.41) is 0. The topological polar surface area (TPSA) is 35.5 Å². The van der Waals surface area contributed by atoms with Crippen molar-refractivity contribution in [1.82, 2.24) is 0 Å². The first-order valence-electron chi connectivity index (χ1n) is 6.95. The molecule has 1 aliphatic rings. The molecule has 0 aromatic heterocycles. The number of hydrogen-bond donors (Lipinski definition) is 0. The lowest BCUT2D eigenvalue weighted by Crippen LogP contribution is -2.32. The number of esters is 1. The second-order valence-corrected chi connectivity index (χ2v) is 7.46. The maximum absolute atomic E-state index is 11.1. The van der Waals surface area contributed by atoms with Crippen LogP contribution in [0.3, 0.4) is 0 Å². The number of thioether (sulfide) groups is 1. The van der Waals surface area contributed by atoms with Crippen LogP contribution in [0, 0.1) is 0 Å². The first kappa shape index (κ1) is 15.4. The fourth-order valence-electron chi connectivity index (χ4n) is 2.47. The van der Waals surface area contributed by atoms with E-state index in [4.69, 9.17) is 9.47 Å². The molecule has 0 bridgehead atoms. The van der Waals surface area contributed by atoms with Crippen LogP contribution in [-0.4, -0.2) is 29.0 Å². The van der Waals surface area contributed by atoms with E-state index in [1.165, 1.54) is 11.8 Å². The van der Waals surface area contributed by atoms with Crippen LogP contribution in [0.2, 0.25) is 0 Å². The van der Waals surface area contributed by atoms with Crippen molar-refractivity contribution < 1.29 is 14.3 Å². The lowest BCUT2D eigenvalue weighted by atomic mass is 10.0. The van der Waals surface area contributed by atoms with Gasteiger partial charge in [0.05, 0.1) is 12.2 Å². The molecule has 0 saturated carbocycles. The molecule has 3 nitrogen and oxygen atoms in total. The summed E-state index contributed by atoms with van der Waals surface area (Å²) in [7, 11) is 0. The minimum absolute atomic E-state index is 0.0421. The number of rotatable bonds is 4. The zero-order valence-electron chi connectivity index (χ0n) is 12.5. The van der Waals surface area contributed by atoms with E-state index in [1.54, 1.807) is 11.8 Å². The van der Waals surface area contributed by atoms with Gasteiger partial charge in [-0.3, -0.25) is 4.79 Å². The summed E-state index contributed by atoms with van der Waals surface area (Å²) in [5.41, 5.74) is 0. The second kappa shape index (κ2) is 6.19. The van der Waals surface area contributed by atoms with Gasteiger partial charge in [0.25, 0.3) is 0 Å². The van der Waals surface area contributed by atoms with Gasteiger partial charge in [-0.25, -0.2) is 0 Å². The Balaban J connectivity index is 2.02. The van der Waals surface area contributed by atoms with Crippen LogP contribution in [0.4, 0.5) is 0 Å². The molecule has 0 unspecified atom stereocenters. The molecule has 4 heteroatoms. The van der Waals surface area contributed by atoms with Gasteiger partial charge in [-0.05, 0) is 32.9 Å². The molecule has 20 heavy (non-hydrogen) atoms. The summed E-state index contributed by atoms with van der Waals surface area (Å²) < 4.78 is 11.3. The lowest BCUT2D eigenvalue weighted by molar-refractivity contribution is -0.148. The summed E-state index contributed by atoms with van der Waals surface area (Å²) in [6.45, 7) is 7.77. The Bertz CT molecular complexity index is 458. The summed E-state index contributed by atoms with van der Waals surface area (Å²) in [5.74, 6) is -0.236. The van der Waals surface area contributed by atoms with E-state index in [1.807, 2.05) is 25.1 Å². The Kier molecular flexibility index (Phi) is 4.76. The van der Waals surface area contributed by atoms with Gasteiger partial charge in [-0.1, -0.05) is 18.2 Å². The van der Waals surface area contributed by atoms with Crippen molar-refractivity contribution in [2.24, 2.45) is 0 Å². The molecule has 0 radical (unpaired) electrons. The normalized spacial score (nSPS) is 26.5. The van der Waals surface area contributed by atoms with Crippen molar-refractivity contribution in [2.75, 3.05) is 0 Å². The van der Waals surface area contributed by atoms with Crippen LogP contribution in [0.1, 0.15) is 34.1 Å². The van der Waals surface area contributed by atoms with Gasteiger partial charge in [0.15, 0.2) is 0 Å². The Morgan fingerprint density at radius 2 is 2.00 bits per heavy atom. The van der Waals surface area contributed by atoms with Crippen molar-refractivity contribution in [1.29, 1.82) is 0 Å². The Morgan fingerprint density at radius 1 is 1.35 bits per heavy atom. The van der Waals surface area contributed by atoms with Crippen molar-refractivity contribution in [3.8, 4) is 0 Å². The van der Waals surface area contributed by atoms with Crippen molar-refractivity contribution >= 4 is 17.7 Å². The van der Waals surface area contributed by atoms with Gasteiger partial charge in [-0.15, -0.1) is 11.8 Å². The van der Waals surface area contributed by atoms with Gasteiger partial charge in [-0.2, -0.15) is 0 Å². The van der Waals surface area contributed by atoms with Crippen molar-refractivity contribution in [3.63, 3.8) is 0 Å². The highest BCUT2D eigenvalue weighted by molar-refractivity contribution is 8.00. The zero-order chi connectivity index (χ0) is 14.8. The highest BCUT2D eigenvalue weighted by Gasteiger charge is 2.43. The van der Waals surface area contributed by atoms with E-state index in [-0.39, 0.29) is 29.0 Å². The summed E-state index contributed by atoms with van der Waals surface area (Å²) >= 11 is 1.80. The second-order valence-electron chi connectivity index (χ2n) is 5.73. The van der Waals surface area contributed by atoms with Gasteiger partial charge in [0.1, 0.15) is 6.10 Å². The summed E-state index contributed by atoms with van der Waals surface area (Å²) in [6.07, 6.45) is 0.660. The maximum Gasteiger partial charge on any atom is 0.302 e. The van der Waals surface area contributed by atoms with E-state index in [9.17, 15) is 4.79 Å². The molecular weight excluding hydrogens is 272 g/mol. The average Bonchev–Trinajstić information content (AvgIpc) is 2.72. The molecule has 110 valence electrons. The quantitative estimate of drug-likeness (QED) is 0.627. The standard InChI is InChI=1S/C16H22O3S/c1-11-14(19-12(2)17)10-15(18-11)16(3,4)20-13-8-6-5-7-9-13/h5-9,11,14-15H,10H2,1-4H3/t11-,14+,15-/m0/s1. The van der Waals surface area contributed by atoms with Gasteiger partial charge < -0.3 is 9.47 Å². The molecule has 1 aliphatic heterocycles. The third-order valence-electron chi connectivity index (χ3n) is 3.57. The number of carbonyl (C=O) groups excluding carboxylic acids is 1. The van der Waals surface area contributed by atoms with Crippen molar-refractivity contribution in [3.05, 3.63) is 30.3 Å². The molecule has 0 spiro atoms. The van der Waals surface area contributed by atoms with E-state index >= 15 is 0 Å². The highest BCUT2D eigenvalue weighted by Crippen LogP contribution is 2.41. The first-order valence-corrected chi connectivity index (χ1v) is 7.77.